The molecule has 0 saturated carbocycles. The van der Waals surface area contributed by atoms with Crippen LogP contribution in [0, 0.1) is 0 Å². The zero-order chi connectivity index (χ0) is 32.2. The summed E-state index contributed by atoms with van der Waals surface area (Å²) in [7, 11) is 0. The lowest BCUT2D eigenvalue weighted by Gasteiger charge is -2.36. The third-order valence-corrected chi connectivity index (χ3v) is 7.30. The second-order valence-corrected chi connectivity index (χ2v) is 10.4. The number of hydrogen-bond acceptors (Lipinski definition) is 5. The number of halogens is 6. The van der Waals surface area contributed by atoms with Crippen LogP contribution in [0.25, 0.3) is 33.5 Å². The van der Waals surface area contributed by atoms with Crippen molar-refractivity contribution in [3.05, 3.63) is 102 Å². The molecule has 0 radical (unpaired) electrons. The van der Waals surface area contributed by atoms with Gasteiger partial charge in [0.05, 0.1) is 16.6 Å². The van der Waals surface area contributed by atoms with Crippen molar-refractivity contribution < 1.29 is 36.2 Å². The van der Waals surface area contributed by atoms with Gasteiger partial charge in [-0.05, 0) is 47.0 Å². The predicted octanol–water partition coefficient (Wildman–Crippen LogP) is 7.27. The zero-order valence-electron chi connectivity index (χ0n) is 23.6. The molecule has 1 aliphatic heterocycles. The minimum absolute atomic E-state index is 0.369. The smallest absolute Gasteiger partial charge is 0.475 e. The van der Waals surface area contributed by atoms with Crippen molar-refractivity contribution in [1.29, 1.82) is 0 Å². The number of carboxylic acids is 1. The number of hydrogen-bond donors (Lipinski definition) is 2. The number of nitrogens with one attached hydrogen (secondary N) is 1. The normalized spacial score (nSPS) is 14.2. The van der Waals surface area contributed by atoms with Crippen LogP contribution in [-0.2, 0) is 17.5 Å². The molecule has 3 aromatic carbocycles. The minimum atomic E-state index is -5.08. The topological polar surface area (TPSA) is 85.4 Å². The van der Waals surface area contributed by atoms with Gasteiger partial charge in [0.2, 0.25) is 0 Å². The number of H-pyrrole nitrogens is 1. The Morgan fingerprint density at radius 3 is 1.89 bits per heavy atom. The molecule has 0 atom stereocenters. The number of fused-ring (bicyclic) bond motifs is 1. The number of benzene rings is 3. The molecule has 0 unspecified atom stereocenters. The molecular formula is C32H27F6N5O2. The lowest BCUT2D eigenvalue weighted by Crippen LogP contribution is -2.45. The zero-order valence-corrected chi connectivity index (χ0v) is 23.6. The number of piperazine rings is 1. The van der Waals surface area contributed by atoms with Gasteiger partial charge in [0.15, 0.2) is 0 Å². The van der Waals surface area contributed by atoms with Crippen molar-refractivity contribution in [3.63, 3.8) is 0 Å². The molecule has 13 heteroatoms. The Morgan fingerprint density at radius 2 is 1.33 bits per heavy atom. The molecule has 0 amide bonds. The standard InChI is InChI=1S/C30H26F3N5.C2HF3O2/c31-30(32,33)25-9-10-27-28(19-25)36-29(35-27)24-7-5-23(6-8-24)22-3-1-21(2-4-22)20-37-15-17-38(18-16-37)26-11-13-34-14-12-26;3-2(4,5)1(6)7/h1-14,19H,15-18,20H2,(H,35,36);(H,6,7). The number of pyridine rings is 1. The van der Waals surface area contributed by atoms with Crippen molar-refractivity contribution in [1.82, 2.24) is 19.9 Å². The maximum Gasteiger partial charge on any atom is 0.490 e. The van der Waals surface area contributed by atoms with Crippen LogP contribution in [0.1, 0.15) is 11.1 Å². The van der Waals surface area contributed by atoms with E-state index in [9.17, 15) is 26.3 Å². The molecule has 3 heterocycles. The van der Waals surface area contributed by atoms with Crippen LogP contribution < -0.4 is 4.90 Å². The molecule has 6 rings (SSSR count). The first-order chi connectivity index (χ1) is 21.4. The summed E-state index contributed by atoms with van der Waals surface area (Å²) >= 11 is 0. The Hall–Kier alpha value is -4.91. The highest BCUT2D eigenvalue weighted by Crippen LogP contribution is 2.32. The predicted molar refractivity (Wildman–Crippen MR) is 157 cm³/mol. The van der Waals surface area contributed by atoms with Gasteiger partial charge in [0.25, 0.3) is 0 Å². The van der Waals surface area contributed by atoms with Crippen molar-refractivity contribution in [2.24, 2.45) is 0 Å². The van der Waals surface area contributed by atoms with E-state index in [1.54, 1.807) is 0 Å². The number of aromatic amines is 1. The fourth-order valence-corrected chi connectivity index (χ4v) is 4.92. The van der Waals surface area contributed by atoms with Gasteiger partial charge in [-0.1, -0.05) is 48.5 Å². The number of rotatable bonds is 5. The van der Waals surface area contributed by atoms with Crippen LogP contribution in [-0.4, -0.2) is 63.3 Å². The first-order valence-corrected chi connectivity index (χ1v) is 13.8. The van der Waals surface area contributed by atoms with Gasteiger partial charge in [-0.25, -0.2) is 9.78 Å². The van der Waals surface area contributed by atoms with Gasteiger partial charge in [-0.2, -0.15) is 26.3 Å². The van der Waals surface area contributed by atoms with Crippen LogP contribution in [0.3, 0.4) is 0 Å². The average molecular weight is 628 g/mol. The number of aromatic nitrogens is 3. The van der Waals surface area contributed by atoms with Crippen LogP contribution in [0.4, 0.5) is 32.0 Å². The number of carbonyl (C=O) groups is 1. The second kappa shape index (κ2) is 13.0. The molecule has 5 aromatic rings. The van der Waals surface area contributed by atoms with E-state index in [0.29, 0.717) is 16.9 Å². The van der Waals surface area contributed by atoms with Crippen molar-refractivity contribution >= 4 is 22.7 Å². The average Bonchev–Trinajstić information content (AvgIpc) is 3.46. The summed E-state index contributed by atoms with van der Waals surface area (Å²) < 4.78 is 70.8. The third kappa shape index (κ3) is 7.98. The van der Waals surface area contributed by atoms with Gasteiger partial charge >= 0.3 is 18.3 Å². The molecule has 0 aliphatic carbocycles. The number of imidazole rings is 1. The Morgan fingerprint density at radius 1 is 0.778 bits per heavy atom. The molecule has 45 heavy (non-hydrogen) atoms. The summed E-state index contributed by atoms with van der Waals surface area (Å²) in [6, 6.07) is 24.2. The molecule has 7 nitrogen and oxygen atoms in total. The summed E-state index contributed by atoms with van der Waals surface area (Å²) in [4.78, 5) is 25.4. The molecule has 0 bridgehead atoms. The first-order valence-electron chi connectivity index (χ1n) is 13.8. The number of nitrogens with zero attached hydrogens (tertiary/aromatic N) is 4. The third-order valence-electron chi connectivity index (χ3n) is 7.30. The van der Waals surface area contributed by atoms with Gasteiger partial charge in [-0.3, -0.25) is 9.88 Å². The fourth-order valence-electron chi connectivity index (χ4n) is 4.92. The van der Waals surface area contributed by atoms with E-state index >= 15 is 0 Å². The van der Waals surface area contributed by atoms with Crippen molar-refractivity contribution in [2.45, 2.75) is 18.9 Å². The number of alkyl halides is 6. The van der Waals surface area contributed by atoms with Gasteiger partial charge in [-0.15, -0.1) is 0 Å². The molecule has 1 saturated heterocycles. The van der Waals surface area contributed by atoms with E-state index < -0.39 is 23.9 Å². The van der Waals surface area contributed by atoms with E-state index in [1.165, 1.54) is 17.3 Å². The molecule has 234 valence electrons. The summed E-state index contributed by atoms with van der Waals surface area (Å²) in [5, 5.41) is 7.12. The van der Waals surface area contributed by atoms with Crippen LogP contribution in [0.5, 0.6) is 0 Å². The Balaban J connectivity index is 0.000000515. The van der Waals surface area contributed by atoms with Gasteiger partial charge < -0.3 is 15.0 Å². The lowest BCUT2D eigenvalue weighted by atomic mass is 10.0. The maximum absolute atomic E-state index is 13.0. The fraction of sp³-hybridized carbons (Fsp3) is 0.219. The van der Waals surface area contributed by atoms with Gasteiger partial charge in [0.1, 0.15) is 5.82 Å². The highest BCUT2D eigenvalue weighted by Gasteiger charge is 2.38. The van der Waals surface area contributed by atoms with E-state index in [1.807, 2.05) is 36.7 Å². The number of anilines is 1. The summed E-state index contributed by atoms with van der Waals surface area (Å²) in [5.41, 5.74) is 5.70. The SMILES string of the molecule is FC(F)(F)c1ccc2nc(-c3ccc(-c4ccc(CN5CCN(c6ccncc6)CC5)cc4)cc3)[nH]c2c1.O=C(O)C(F)(F)F. The Labute approximate surface area is 253 Å². The Kier molecular flexibility index (Phi) is 9.09. The molecule has 2 aromatic heterocycles. The molecule has 2 N–H and O–H groups in total. The van der Waals surface area contributed by atoms with Crippen LogP contribution >= 0.6 is 0 Å². The second-order valence-electron chi connectivity index (χ2n) is 10.4. The van der Waals surface area contributed by atoms with Crippen molar-refractivity contribution in [3.8, 4) is 22.5 Å². The summed E-state index contributed by atoms with van der Waals surface area (Å²) in [5.74, 6) is -2.21. The maximum atomic E-state index is 13.0. The summed E-state index contributed by atoms with van der Waals surface area (Å²) in [6.07, 6.45) is -5.79. The number of aliphatic carboxylic acids is 1. The van der Waals surface area contributed by atoms with Gasteiger partial charge in [0, 0.05) is 56.4 Å². The molecule has 1 fully saturated rings. The molecule has 1 aliphatic rings. The lowest BCUT2D eigenvalue weighted by molar-refractivity contribution is -0.192. The first kappa shape index (κ1) is 31.5. The van der Waals surface area contributed by atoms with E-state index in [-0.39, 0.29) is 0 Å². The summed E-state index contributed by atoms with van der Waals surface area (Å²) in [6.45, 7) is 4.97. The van der Waals surface area contributed by atoms with Crippen LogP contribution in [0.15, 0.2) is 91.3 Å². The molecular weight excluding hydrogens is 600 g/mol. The Bertz CT molecular complexity index is 1730. The monoisotopic (exact) mass is 627 g/mol. The largest absolute Gasteiger partial charge is 0.490 e. The van der Waals surface area contributed by atoms with E-state index in [4.69, 9.17) is 9.90 Å². The molecule has 0 spiro atoms. The minimum Gasteiger partial charge on any atom is -0.475 e. The highest BCUT2D eigenvalue weighted by molar-refractivity contribution is 5.80. The van der Waals surface area contributed by atoms with E-state index in [2.05, 4.69) is 61.1 Å². The number of carboxylic acid groups (broad SMARTS) is 1. The van der Waals surface area contributed by atoms with Crippen LogP contribution in [0.2, 0.25) is 0 Å². The van der Waals surface area contributed by atoms with Crippen molar-refractivity contribution in [2.75, 3.05) is 31.1 Å². The quantitative estimate of drug-likeness (QED) is 0.200. The highest BCUT2D eigenvalue weighted by atomic mass is 19.4. The van der Waals surface area contributed by atoms with E-state index in [0.717, 1.165) is 61.5 Å².